The van der Waals surface area contributed by atoms with E-state index in [4.69, 9.17) is 0 Å². The number of rotatable bonds is 6. The minimum atomic E-state index is -2.99. The second kappa shape index (κ2) is 7.93. The van der Waals surface area contributed by atoms with Gasteiger partial charge in [0.15, 0.2) is 14.2 Å². The van der Waals surface area contributed by atoms with Crippen molar-refractivity contribution in [1.82, 2.24) is 15.5 Å². The third kappa shape index (κ3) is 5.18. The Hall–Kier alpha value is -1.65. The molecule has 1 saturated heterocycles. The van der Waals surface area contributed by atoms with E-state index in [9.17, 15) is 13.2 Å². The van der Waals surface area contributed by atoms with Gasteiger partial charge >= 0.3 is 0 Å². The molecular formula is C16H20N4O3S3. The van der Waals surface area contributed by atoms with Gasteiger partial charge in [-0.15, -0.1) is 10.2 Å². The first kappa shape index (κ1) is 19.1. The van der Waals surface area contributed by atoms with Crippen LogP contribution in [-0.4, -0.2) is 47.8 Å². The maximum absolute atomic E-state index is 12.0. The van der Waals surface area contributed by atoms with E-state index in [1.165, 1.54) is 28.7 Å². The van der Waals surface area contributed by atoms with Crippen LogP contribution in [0.4, 0.5) is 10.8 Å². The standard InChI is InChI=1S/C16H20N4O3S3/c1-10-3-4-13(11(2)7-10)18-15-19-20-16(25-15)24-8-14(21)17-12-5-6-26(22,23)9-12/h3-4,7,12H,5-6,8-9H2,1-2H3,(H,17,21)(H,18,19)/t12-/m0/s1. The van der Waals surface area contributed by atoms with E-state index in [0.717, 1.165) is 11.3 Å². The Morgan fingerprint density at radius 2 is 2.15 bits per heavy atom. The first-order chi connectivity index (χ1) is 12.3. The topological polar surface area (TPSA) is 101 Å². The first-order valence-electron chi connectivity index (χ1n) is 8.11. The highest BCUT2D eigenvalue weighted by Crippen LogP contribution is 2.29. The number of hydrogen-bond acceptors (Lipinski definition) is 8. The van der Waals surface area contributed by atoms with Gasteiger partial charge in [-0.2, -0.15) is 0 Å². The highest BCUT2D eigenvalue weighted by atomic mass is 32.2. The van der Waals surface area contributed by atoms with E-state index < -0.39 is 9.84 Å². The van der Waals surface area contributed by atoms with Crippen molar-refractivity contribution >= 4 is 49.7 Å². The highest BCUT2D eigenvalue weighted by molar-refractivity contribution is 8.01. The minimum Gasteiger partial charge on any atom is -0.352 e. The SMILES string of the molecule is Cc1ccc(Nc2nnc(SCC(=O)N[C@H]3CCS(=O)(=O)C3)s2)c(C)c1. The van der Waals surface area contributed by atoms with Crippen molar-refractivity contribution in [2.24, 2.45) is 0 Å². The molecule has 2 N–H and O–H groups in total. The van der Waals surface area contributed by atoms with Crippen LogP contribution in [0.1, 0.15) is 17.5 Å². The number of carbonyl (C=O) groups excluding carboxylic acids is 1. The Morgan fingerprint density at radius 3 is 2.85 bits per heavy atom. The lowest BCUT2D eigenvalue weighted by atomic mass is 10.1. The Balaban J connectivity index is 1.50. The zero-order chi connectivity index (χ0) is 18.7. The molecule has 2 heterocycles. The van der Waals surface area contributed by atoms with Gasteiger partial charge in [0, 0.05) is 11.7 Å². The van der Waals surface area contributed by atoms with Gasteiger partial charge in [-0.1, -0.05) is 40.8 Å². The molecule has 0 spiro atoms. The number of aromatic nitrogens is 2. The number of anilines is 2. The van der Waals surface area contributed by atoms with Crippen molar-refractivity contribution < 1.29 is 13.2 Å². The number of nitrogens with one attached hydrogen (secondary N) is 2. The summed E-state index contributed by atoms with van der Waals surface area (Å²) >= 11 is 2.67. The summed E-state index contributed by atoms with van der Waals surface area (Å²) in [5.41, 5.74) is 3.30. The molecule has 10 heteroatoms. The molecule has 3 rings (SSSR count). The van der Waals surface area contributed by atoms with Crippen molar-refractivity contribution in [2.45, 2.75) is 30.6 Å². The van der Waals surface area contributed by atoms with Gasteiger partial charge in [0.2, 0.25) is 11.0 Å². The van der Waals surface area contributed by atoms with Crippen molar-refractivity contribution in [1.29, 1.82) is 0 Å². The van der Waals surface area contributed by atoms with Gasteiger partial charge in [-0.05, 0) is 31.9 Å². The number of sulfone groups is 1. The monoisotopic (exact) mass is 412 g/mol. The predicted molar refractivity (Wildman–Crippen MR) is 105 cm³/mol. The van der Waals surface area contributed by atoms with Crippen LogP contribution in [-0.2, 0) is 14.6 Å². The average Bonchev–Trinajstić information content (AvgIpc) is 3.14. The summed E-state index contributed by atoms with van der Waals surface area (Å²) in [6.07, 6.45) is 0.488. The maximum Gasteiger partial charge on any atom is 0.230 e. The molecule has 0 saturated carbocycles. The normalized spacial score (nSPS) is 18.6. The van der Waals surface area contributed by atoms with E-state index in [0.29, 0.717) is 15.9 Å². The van der Waals surface area contributed by atoms with Crippen LogP contribution < -0.4 is 10.6 Å². The highest BCUT2D eigenvalue weighted by Gasteiger charge is 2.28. The molecule has 140 valence electrons. The largest absolute Gasteiger partial charge is 0.352 e. The number of nitrogens with zero attached hydrogens (tertiary/aromatic N) is 2. The fraction of sp³-hybridized carbons (Fsp3) is 0.438. The molecule has 1 amide bonds. The van der Waals surface area contributed by atoms with Crippen molar-refractivity contribution in [3.8, 4) is 0 Å². The quantitative estimate of drug-likeness (QED) is 0.702. The van der Waals surface area contributed by atoms with Crippen LogP contribution >= 0.6 is 23.1 Å². The molecule has 1 aliphatic heterocycles. The van der Waals surface area contributed by atoms with Crippen LogP contribution in [0.15, 0.2) is 22.5 Å². The second-order valence-corrected chi connectivity index (χ2v) is 10.7. The number of amides is 1. The van der Waals surface area contributed by atoms with Gasteiger partial charge in [-0.3, -0.25) is 4.79 Å². The Bertz CT molecular complexity index is 911. The Kier molecular flexibility index (Phi) is 5.83. The zero-order valence-corrected chi connectivity index (χ0v) is 16.9. The molecule has 0 unspecified atom stereocenters. The van der Waals surface area contributed by atoms with E-state index in [1.54, 1.807) is 0 Å². The second-order valence-electron chi connectivity index (χ2n) is 6.27. The summed E-state index contributed by atoms with van der Waals surface area (Å²) in [6.45, 7) is 4.07. The predicted octanol–water partition coefficient (Wildman–Crippen LogP) is 2.29. The van der Waals surface area contributed by atoms with Gasteiger partial charge in [0.05, 0.1) is 17.3 Å². The summed E-state index contributed by atoms with van der Waals surface area (Å²) in [4.78, 5) is 12.0. The van der Waals surface area contributed by atoms with Gasteiger partial charge in [0.1, 0.15) is 0 Å². The smallest absolute Gasteiger partial charge is 0.230 e. The van der Waals surface area contributed by atoms with E-state index in [-0.39, 0.29) is 29.2 Å². The molecule has 1 aliphatic rings. The van der Waals surface area contributed by atoms with Crippen LogP contribution in [0.3, 0.4) is 0 Å². The molecule has 0 radical (unpaired) electrons. The van der Waals surface area contributed by atoms with E-state index in [1.807, 2.05) is 26.0 Å². The number of aryl methyl sites for hydroxylation is 2. The number of thioether (sulfide) groups is 1. The van der Waals surface area contributed by atoms with E-state index in [2.05, 4.69) is 26.9 Å². The van der Waals surface area contributed by atoms with Crippen molar-refractivity contribution in [3.63, 3.8) is 0 Å². The zero-order valence-electron chi connectivity index (χ0n) is 14.5. The molecular weight excluding hydrogens is 392 g/mol. The fourth-order valence-electron chi connectivity index (χ4n) is 2.69. The number of carbonyl (C=O) groups is 1. The molecule has 1 atom stereocenters. The van der Waals surface area contributed by atoms with Crippen LogP contribution in [0.25, 0.3) is 0 Å². The summed E-state index contributed by atoms with van der Waals surface area (Å²) in [6, 6.07) is 5.85. The first-order valence-corrected chi connectivity index (χ1v) is 11.7. The summed E-state index contributed by atoms with van der Waals surface area (Å²) < 4.78 is 23.5. The molecule has 2 aromatic rings. The van der Waals surface area contributed by atoms with Crippen LogP contribution in [0.5, 0.6) is 0 Å². The molecule has 7 nitrogen and oxygen atoms in total. The molecule has 1 fully saturated rings. The molecule has 26 heavy (non-hydrogen) atoms. The van der Waals surface area contributed by atoms with Gasteiger partial charge < -0.3 is 10.6 Å². The summed E-state index contributed by atoms with van der Waals surface area (Å²) in [7, 11) is -2.99. The summed E-state index contributed by atoms with van der Waals surface area (Å²) in [5.74, 6) is 0.187. The van der Waals surface area contributed by atoms with Crippen molar-refractivity contribution in [3.05, 3.63) is 29.3 Å². The molecule has 0 aliphatic carbocycles. The lowest BCUT2D eigenvalue weighted by molar-refractivity contribution is -0.119. The third-order valence-electron chi connectivity index (χ3n) is 3.95. The van der Waals surface area contributed by atoms with Gasteiger partial charge in [0.25, 0.3) is 0 Å². The molecule has 1 aromatic heterocycles. The molecule has 1 aromatic carbocycles. The average molecular weight is 413 g/mol. The van der Waals surface area contributed by atoms with Crippen LogP contribution in [0, 0.1) is 13.8 Å². The minimum absolute atomic E-state index is 0.0339. The van der Waals surface area contributed by atoms with E-state index >= 15 is 0 Å². The fourth-order valence-corrected chi connectivity index (χ4v) is 5.94. The Labute approximate surface area is 160 Å². The lowest BCUT2D eigenvalue weighted by Crippen LogP contribution is -2.36. The molecule has 0 bridgehead atoms. The van der Waals surface area contributed by atoms with Crippen molar-refractivity contribution in [2.75, 3.05) is 22.6 Å². The van der Waals surface area contributed by atoms with Crippen LogP contribution in [0.2, 0.25) is 0 Å². The Morgan fingerprint density at radius 1 is 1.35 bits per heavy atom. The summed E-state index contributed by atoms with van der Waals surface area (Å²) in [5, 5.41) is 14.9. The number of benzene rings is 1. The lowest BCUT2D eigenvalue weighted by Gasteiger charge is -2.09. The third-order valence-corrected chi connectivity index (χ3v) is 7.69. The number of hydrogen-bond donors (Lipinski definition) is 2. The van der Waals surface area contributed by atoms with Gasteiger partial charge in [-0.25, -0.2) is 8.42 Å². The maximum atomic E-state index is 12.0.